The van der Waals surface area contributed by atoms with Crippen molar-refractivity contribution >= 4 is 5.69 Å². The third-order valence-corrected chi connectivity index (χ3v) is 2.10. The van der Waals surface area contributed by atoms with Crippen molar-refractivity contribution in [3.8, 4) is 5.75 Å². The summed E-state index contributed by atoms with van der Waals surface area (Å²) in [6.45, 7) is 0. The summed E-state index contributed by atoms with van der Waals surface area (Å²) in [5, 5.41) is 3.27. The van der Waals surface area contributed by atoms with E-state index in [1.54, 1.807) is 12.1 Å². The second kappa shape index (κ2) is 3.24. The third kappa shape index (κ3) is 1.91. The molecule has 0 amide bonds. The monoisotopic (exact) mass is 181 g/mol. The Labute approximate surface area is 76.7 Å². The number of anilines is 1. The molecule has 1 fully saturated rings. The van der Waals surface area contributed by atoms with Crippen LogP contribution in [0.15, 0.2) is 18.2 Å². The second-order valence-corrected chi connectivity index (χ2v) is 3.27. The third-order valence-electron chi connectivity index (χ3n) is 2.10. The Morgan fingerprint density at radius 2 is 2.23 bits per heavy atom. The number of hydrogen-bond acceptors (Lipinski definition) is 2. The van der Waals surface area contributed by atoms with E-state index in [-0.39, 0.29) is 5.82 Å². The molecule has 0 atom stereocenters. The van der Waals surface area contributed by atoms with Gasteiger partial charge >= 0.3 is 0 Å². The molecule has 1 saturated carbocycles. The van der Waals surface area contributed by atoms with Gasteiger partial charge in [-0.2, -0.15) is 0 Å². The zero-order valence-corrected chi connectivity index (χ0v) is 7.51. The summed E-state index contributed by atoms with van der Waals surface area (Å²) in [7, 11) is 1.47. The van der Waals surface area contributed by atoms with Crippen LogP contribution < -0.4 is 10.1 Å². The summed E-state index contributed by atoms with van der Waals surface area (Å²) in [5.41, 5.74) is 0.931. The van der Waals surface area contributed by atoms with Crippen molar-refractivity contribution < 1.29 is 9.13 Å². The molecule has 1 aromatic rings. The summed E-state index contributed by atoms with van der Waals surface area (Å²) in [6, 6.07) is 5.42. The van der Waals surface area contributed by atoms with Crippen molar-refractivity contribution in [3.05, 3.63) is 24.0 Å². The van der Waals surface area contributed by atoms with Crippen LogP contribution in [-0.2, 0) is 0 Å². The van der Waals surface area contributed by atoms with Gasteiger partial charge in [0.05, 0.1) is 7.11 Å². The van der Waals surface area contributed by atoms with Crippen molar-refractivity contribution in [1.82, 2.24) is 0 Å². The predicted molar refractivity (Wildman–Crippen MR) is 49.6 cm³/mol. The molecule has 0 aliphatic heterocycles. The van der Waals surface area contributed by atoms with E-state index in [9.17, 15) is 4.39 Å². The minimum atomic E-state index is -0.316. The Morgan fingerprint density at radius 1 is 1.46 bits per heavy atom. The van der Waals surface area contributed by atoms with E-state index in [4.69, 9.17) is 4.74 Å². The number of nitrogens with one attached hydrogen (secondary N) is 1. The smallest absolute Gasteiger partial charge is 0.165 e. The zero-order valence-electron chi connectivity index (χ0n) is 7.51. The summed E-state index contributed by atoms with van der Waals surface area (Å²) >= 11 is 0. The van der Waals surface area contributed by atoms with Gasteiger partial charge in [-0.05, 0) is 25.0 Å². The molecule has 2 rings (SSSR count). The van der Waals surface area contributed by atoms with Gasteiger partial charge in [-0.15, -0.1) is 0 Å². The highest BCUT2D eigenvalue weighted by atomic mass is 19.1. The number of hydrogen-bond donors (Lipinski definition) is 1. The largest absolute Gasteiger partial charge is 0.494 e. The van der Waals surface area contributed by atoms with Crippen LogP contribution in [0.1, 0.15) is 12.8 Å². The molecule has 0 spiro atoms. The fraction of sp³-hybridized carbons (Fsp3) is 0.400. The first kappa shape index (κ1) is 8.35. The van der Waals surface area contributed by atoms with Crippen molar-refractivity contribution in [2.24, 2.45) is 0 Å². The van der Waals surface area contributed by atoms with E-state index in [2.05, 4.69) is 5.32 Å². The highest BCUT2D eigenvalue weighted by Gasteiger charge is 2.20. The Morgan fingerprint density at radius 3 is 2.85 bits per heavy atom. The van der Waals surface area contributed by atoms with Gasteiger partial charge in [-0.3, -0.25) is 0 Å². The maximum Gasteiger partial charge on any atom is 0.165 e. The minimum absolute atomic E-state index is 0.297. The maximum atomic E-state index is 13.0. The number of halogens is 1. The Bertz CT molecular complexity index is 310. The molecule has 0 saturated heterocycles. The normalized spacial score (nSPS) is 15.5. The number of rotatable bonds is 3. The van der Waals surface area contributed by atoms with E-state index in [1.165, 1.54) is 26.0 Å². The lowest BCUT2D eigenvalue weighted by molar-refractivity contribution is 0.387. The Kier molecular flexibility index (Phi) is 2.08. The number of benzene rings is 1. The average molecular weight is 181 g/mol. The first-order chi connectivity index (χ1) is 6.29. The fourth-order valence-electron chi connectivity index (χ4n) is 1.21. The van der Waals surface area contributed by atoms with Crippen LogP contribution in [0.25, 0.3) is 0 Å². The minimum Gasteiger partial charge on any atom is -0.494 e. The first-order valence-electron chi connectivity index (χ1n) is 4.39. The molecule has 2 nitrogen and oxygen atoms in total. The van der Waals surface area contributed by atoms with Gasteiger partial charge in [0.2, 0.25) is 0 Å². The lowest BCUT2D eigenvalue weighted by Gasteiger charge is -2.07. The van der Waals surface area contributed by atoms with Gasteiger partial charge < -0.3 is 10.1 Å². The molecule has 1 aliphatic carbocycles. The molecule has 0 bridgehead atoms. The Hall–Kier alpha value is -1.25. The van der Waals surface area contributed by atoms with E-state index in [1.807, 2.05) is 0 Å². The molecule has 0 heterocycles. The van der Waals surface area contributed by atoms with Gasteiger partial charge in [-0.1, -0.05) is 0 Å². The molecule has 1 aliphatic rings. The van der Waals surface area contributed by atoms with Crippen LogP contribution in [0.3, 0.4) is 0 Å². The highest BCUT2D eigenvalue weighted by molar-refractivity contribution is 5.50. The van der Waals surface area contributed by atoms with E-state index < -0.39 is 0 Å². The summed E-state index contributed by atoms with van der Waals surface area (Å²) < 4.78 is 17.8. The molecule has 0 aromatic heterocycles. The molecule has 1 N–H and O–H groups in total. The standard InChI is InChI=1S/C10H12FNO/c1-13-10-6-8(4-5-9(10)11)12-7-2-3-7/h4-7,12H,2-3H2,1H3. The maximum absolute atomic E-state index is 13.0. The average Bonchev–Trinajstić information content (AvgIpc) is 2.92. The first-order valence-corrected chi connectivity index (χ1v) is 4.39. The van der Waals surface area contributed by atoms with Gasteiger partial charge in [0.1, 0.15) is 0 Å². The molecule has 0 unspecified atom stereocenters. The lowest BCUT2D eigenvalue weighted by Crippen LogP contribution is -2.01. The molecular formula is C10H12FNO. The SMILES string of the molecule is COc1cc(NC2CC2)ccc1F. The quantitative estimate of drug-likeness (QED) is 0.773. The molecule has 1 aromatic carbocycles. The summed E-state index contributed by atoms with van der Waals surface area (Å²) in [4.78, 5) is 0. The van der Waals surface area contributed by atoms with Crippen molar-refractivity contribution in [2.45, 2.75) is 18.9 Å². The highest BCUT2D eigenvalue weighted by Crippen LogP contribution is 2.27. The molecule has 0 radical (unpaired) electrons. The molecule has 3 heteroatoms. The predicted octanol–water partition coefficient (Wildman–Crippen LogP) is 2.41. The fourth-order valence-corrected chi connectivity index (χ4v) is 1.21. The van der Waals surface area contributed by atoms with Crippen molar-refractivity contribution in [1.29, 1.82) is 0 Å². The lowest BCUT2D eigenvalue weighted by atomic mass is 10.3. The summed E-state index contributed by atoms with van der Waals surface area (Å²) in [5.74, 6) is -0.0190. The Balaban J connectivity index is 2.16. The van der Waals surface area contributed by atoms with Crippen LogP contribution in [0, 0.1) is 5.82 Å². The molecule has 13 heavy (non-hydrogen) atoms. The van der Waals surface area contributed by atoms with Gasteiger partial charge in [0.15, 0.2) is 11.6 Å². The van der Waals surface area contributed by atoms with Crippen LogP contribution >= 0.6 is 0 Å². The van der Waals surface area contributed by atoms with Gasteiger partial charge in [-0.25, -0.2) is 4.39 Å². The topological polar surface area (TPSA) is 21.3 Å². The van der Waals surface area contributed by atoms with Crippen LogP contribution in [0.2, 0.25) is 0 Å². The molecular weight excluding hydrogens is 169 g/mol. The molecule has 70 valence electrons. The summed E-state index contributed by atoms with van der Waals surface area (Å²) in [6.07, 6.45) is 2.42. The van der Waals surface area contributed by atoms with Crippen LogP contribution in [0.5, 0.6) is 5.75 Å². The van der Waals surface area contributed by atoms with Crippen LogP contribution in [-0.4, -0.2) is 13.2 Å². The van der Waals surface area contributed by atoms with E-state index in [0.29, 0.717) is 11.8 Å². The van der Waals surface area contributed by atoms with Gasteiger partial charge in [0.25, 0.3) is 0 Å². The van der Waals surface area contributed by atoms with Crippen molar-refractivity contribution in [3.63, 3.8) is 0 Å². The number of methoxy groups -OCH3 is 1. The van der Waals surface area contributed by atoms with E-state index >= 15 is 0 Å². The van der Waals surface area contributed by atoms with Gasteiger partial charge in [0, 0.05) is 17.8 Å². The zero-order chi connectivity index (χ0) is 9.26. The van der Waals surface area contributed by atoms with E-state index in [0.717, 1.165) is 5.69 Å². The van der Waals surface area contributed by atoms with Crippen molar-refractivity contribution in [2.75, 3.05) is 12.4 Å². The number of ether oxygens (including phenoxy) is 1. The second-order valence-electron chi connectivity index (χ2n) is 3.27. The van der Waals surface area contributed by atoms with Crippen LogP contribution in [0.4, 0.5) is 10.1 Å².